The largest absolute Gasteiger partial charge is 0.330 e. The molecule has 0 unspecified atom stereocenters. The van der Waals surface area contributed by atoms with Crippen LogP contribution in [-0.4, -0.2) is 46.7 Å². The highest BCUT2D eigenvalue weighted by Crippen LogP contribution is 2.60. The summed E-state index contributed by atoms with van der Waals surface area (Å²) in [7, 11) is -1.88. The second-order valence-electron chi connectivity index (χ2n) is 7.00. The summed E-state index contributed by atoms with van der Waals surface area (Å²) >= 11 is 0. The van der Waals surface area contributed by atoms with Crippen LogP contribution in [0.2, 0.25) is 0 Å². The van der Waals surface area contributed by atoms with E-state index < -0.39 is 7.41 Å². The summed E-state index contributed by atoms with van der Waals surface area (Å²) in [5.41, 5.74) is 3.05. The number of benzene rings is 1. The van der Waals surface area contributed by atoms with E-state index in [9.17, 15) is 10.1 Å². The Labute approximate surface area is 154 Å². The lowest BCUT2D eigenvalue weighted by Crippen LogP contribution is -2.08. The standard InChI is InChI=1S/C19H24N3O3P/c1-26(20-9-10-20,21-11-12-21)25-15-17-7-8-19(22(23)24)18(14-17)13-16-5-3-2-4-6-16/h3,5-8,14H,1-2,4,9-13,15H2. The maximum absolute atomic E-state index is 11.4. The van der Waals surface area contributed by atoms with Crippen LogP contribution in [0.25, 0.3) is 0 Å². The number of hydrogen-bond acceptors (Lipinski definition) is 5. The molecule has 0 spiro atoms. The maximum Gasteiger partial charge on any atom is 0.272 e. The lowest BCUT2D eigenvalue weighted by atomic mass is 9.97. The zero-order chi connectivity index (χ0) is 18.1. The molecule has 0 atom stereocenters. The molecular formula is C19H24N3O3P. The van der Waals surface area contributed by atoms with Crippen LogP contribution in [0.4, 0.5) is 5.69 Å². The minimum Gasteiger partial charge on any atom is -0.330 e. The molecule has 0 N–H and O–H groups in total. The van der Waals surface area contributed by atoms with Crippen molar-refractivity contribution in [3.05, 3.63) is 63.2 Å². The monoisotopic (exact) mass is 373 g/mol. The van der Waals surface area contributed by atoms with Crippen molar-refractivity contribution in [2.24, 2.45) is 0 Å². The van der Waals surface area contributed by atoms with Crippen molar-refractivity contribution in [3.8, 4) is 0 Å². The van der Waals surface area contributed by atoms with Gasteiger partial charge < -0.3 is 4.52 Å². The summed E-state index contributed by atoms with van der Waals surface area (Å²) in [5, 5.41) is 11.4. The molecule has 2 aliphatic heterocycles. The summed E-state index contributed by atoms with van der Waals surface area (Å²) in [6.45, 7) is 4.67. The van der Waals surface area contributed by atoms with Gasteiger partial charge in [-0.3, -0.25) is 10.1 Å². The fraction of sp³-hybridized carbons (Fsp3) is 0.421. The number of rotatable bonds is 8. The molecule has 0 aromatic heterocycles. The van der Waals surface area contributed by atoms with E-state index in [4.69, 9.17) is 4.52 Å². The molecule has 138 valence electrons. The molecular weight excluding hydrogens is 349 g/mol. The van der Waals surface area contributed by atoms with E-state index in [0.717, 1.165) is 55.7 Å². The van der Waals surface area contributed by atoms with Crippen LogP contribution >= 0.6 is 7.41 Å². The van der Waals surface area contributed by atoms with Gasteiger partial charge in [0.1, 0.15) is 7.41 Å². The van der Waals surface area contributed by atoms with E-state index in [0.29, 0.717) is 13.0 Å². The highest BCUT2D eigenvalue weighted by molar-refractivity contribution is 7.65. The predicted molar refractivity (Wildman–Crippen MR) is 105 cm³/mol. The van der Waals surface area contributed by atoms with Gasteiger partial charge >= 0.3 is 0 Å². The van der Waals surface area contributed by atoms with Gasteiger partial charge in [-0.15, -0.1) is 0 Å². The number of nitrogens with zero attached hydrogens (tertiary/aromatic N) is 3. The quantitative estimate of drug-likeness (QED) is 0.301. The fourth-order valence-electron chi connectivity index (χ4n) is 3.30. The lowest BCUT2D eigenvalue weighted by molar-refractivity contribution is -0.385. The number of allylic oxidation sites excluding steroid dienone is 4. The van der Waals surface area contributed by atoms with Crippen LogP contribution in [0.1, 0.15) is 24.0 Å². The third kappa shape index (κ3) is 3.84. The average Bonchev–Trinajstić information content (AvgIpc) is 3.52. The Kier molecular flexibility index (Phi) is 4.84. The molecule has 0 amide bonds. The van der Waals surface area contributed by atoms with Crippen molar-refractivity contribution in [1.29, 1.82) is 0 Å². The Hall–Kier alpha value is -1.72. The van der Waals surface area contributed by atoms with E-state index in [2.05, 4.69) is 33.9 Å². The molecule has 0 radical (unpaired) electrons. The van der Waals surface area contributed by atoms with Crippen LogP contribution in [-0.2, 0) is 17.6 Å². The molecule has 7 heteroatoms. The highest BCUT2D eigenvalue weighted by atomic mass is 31.2. The third-order valence-electron chi connectivity index (χ3n) is 4.98. The maximum atomic E-state index is 11.4. The first-order chi connectivity index (χ1) is 12.6. The molecule has 1 aliphatic carbocycles. The highest BCUT2D eigenvalue weighted by Gasteiger charge is 2.42. The molecule has 0 bridgehead atoms. The van der Waals surface area contributed by atoms with Gasteiger partial charge in [0, 0.05) is 44.2 Å². The summed E-state index contributed by atoms with van der Waals surface area (Å²) in [6.07, 6.45) is 13.4. The van der Waals surface area contributed by atoms with Gasteiger partial charge in [0.15, 0.2) is 0 Å². The number of nitro benzene ring substituents is 1. The lowest BCUT2D eigenvalue weighted by Gasteiger charge is -2.26. The van der Waals surface area contributed by atoms with E-state index in [1.54, 1.807) is 6.07 Å². The van der Waals surface area contributed by atoms with Gasteiger partial charge in [-0.2, -0.15) is 0 Å². The van der Waals surface area contributed by atoms with Gasteiger partial charge in [-0.25, -0.2) is 9.34 Å². The molecule has 1 aromatic rings. The Balaban J connectivity index is 1.52. The van der Waals surface area contributed by atoms with Gasteiger partial charge in [0.05, 0.1) is 11.5 Å². The molecule has 2 heterocycles. The zero-order valence-corrected chi connectivity index (χ0v) is 15.7. The second kappa shape index (κ2) is 7.12. The van der Waals surface area contributed by atoms with Crippen LogP contribution in [0.5, 0.6) is 0 Å². The molecule has 1 aromatic carbocycles. The van der Waals surface area contributed by atoms with Crippen molar-refractivity contribution in [1.82, 2.24) is 9.34 Å². The smallest absolute Gasteiger partial charge is 0.272 e. The van der Waals surface area contributed by atoms with Crippen LogP contribution in [0, 0.1) is 10.1 Å². The Morgan fingerprint density at radius 1 is 1.19 bits per heavy atom. The molecule has 0 saturated carbocycles. The molecule has 26 heavy (non-hydrogen) atoms. The van der Waals surface area contributed by atoms with E-state index in [1.807, 2.05) is 12.1 Å². The van der Waals surface area contributed by atoms with Crippen LogP contribution in [0.15, 0.2) is 42.0 Å². The number of nitro groups is 1. The first-order valence-electron chi connectivity index (χ1n) is 9.07. The molecule has 2 fully saturated rings. The van der Waals surface area contributed by atoms with Gasteiger partial charge in [-0.1, -0.05) is 18.2 Å². The van der Waals surface area contributed by atoms with Crippen molar-refractivity contribution in [2.45, 2.75) is 25.9 Å². The minimum absolute atomic E-state index is 0.182. The van der Waals surface area contributed by atoms with E-state index >= 15 is 0 Å². The van der Waals surface area contributed by atoms with Gasteiger partial charge in [0.2, 0.25) is 0 Å². The Bertz CT molecular complexity index is 809. The van der Waals surface area contributed by atoms with Crippen molar-refractivity contribution >= 4 is 19.4 Å². The van der Waals surface area contributed by atoms with Crippen molar-refractivity contribution in [2.75, 3.05) is 26.2 Å². The van der Waals surface area contributed by atoms with Gasteiger partial charge in [0.25, 0.3) is 5.69 Å². The SMILES string of the molecule is C=P(OCc1ccc([N+](=O)[O-])c(CC2=CCCC=C2)c1)(N1CC1)N1CC1. The summed E-state index contributed by atoms with van der Waals surface area (Å²) in [4.78, 5) is 11.1. The summed E-state index contributed by atoms with van der Waals surface area (Å²) in [5.74, 6) is 0. The summed E-state index contributed by atoms with van der Waals surface area (Å²) in [6, 6.07) is 5.34. The first-order valence-corrected chi connectivity index (χ1v) is 10.9. The molecule has 4 rings (SSSR count). The zero-order valence-electron chi connectivity index (χ0n) is 14.8. The van der Waals surface area contributed by atoms with Crippen LogP contribution < -0.4 is 0 Å². The molecule has 3 aliphatic rings. The topological polar surface area (TPSA) is 58.4 Å². The summed E-state index contributed by atoms with van der Waals surface area (Å²) < 4.78 is 10.9. The van der Waals surface area contributed by atoms with Crippen LogP contribution in [0.3, 0.4) is 0 Å². The average molecular weight is 373 g/mol. The van der Waals surface area contributed by atoms with E-state index in [-0.39, 0.29) is 10.6 Å². The van der Waals surface area contributed by atoms with Crippen molar-refractivity contribution in [3.63, 3.8) is 0 Å². The third-order valence-corrected chi connectivity index (χ3v) is 8.09. The predicted octanol–water partition coefficient (Wildman–Crippen LogP) is 3.76. The second-order valence-corrected chi connectivity index (χ2v) is 9.72. The van der Waals surface area contributed by atoms with Crippen molar-refractivity contribution < 1.29 is 9.45 Å². The first kappa shape index (κ1) is 17.7. The van der Waals surface area contributed by atoms with E-state index in [1.165, 1.54) is 0 Å². The fourth-order valence-corrected chi connectivity index (χ4v) is 5.77. The Morgan fingerprint density at radius 3 is 2.50 bits per heavy atom. The molecule has 2 saturated heterocycles. The minimum atomic E-state index is -1.88. The normalized spacial score (nSPS) is 20.1. The Morgan fingerprint density at radius 2 is 1.92 bits per heavy atom. The van der Waals surface area contributed by atoms with Gasteiger partial charge in [-0.05, 0) is 42.4 Å². The molecule has 6 nitrogen and oxygen atoms in total. The number of hydrogen-bond donors (Lipinski definition) is 0.